The minimum absolute atomic E-state index is 0.0217. The van der Waals surface area contributed by atoms with Gasteiger partial charge in [-0.05, 0) is 18.9 Å². The topological polar surface area (TPSA) is 92.3 Å². The van der Waals surface area contributed by atoms with Crippen LogP contribution < -0.4 is 10.6 Å². The molecule has 23 heavy (non-hydrogen) atoms. The van der Waals surface area contributed by atoms with Crippen LogP contribution in [0, 0.1) is 0 Å². The van der Waals surface area contributed by atoms with Crippen molar-refractivity contribution in [2.75, 3.05) is 18.1 Å². The van der Waals surface area contributed by atoms with Gasteiger partial charge in [-0.3, -0.25) is 9.59 Å². The van der Waals surface area contributed by atoms with E-state index in [2.05, 4.69) is 10.6 Å². The smallest absolute Gasteiger partial charge is 0.224 e. The maximum Gasteiger partial charge on any atom is 0.224 e. The van der Waals surface area contributed by atoms with E-state index in [4.69, 9.17) is 0 Å². The molecule has 0 aliphatic carbocycles. The van der Waals surface area contributed by atoms with Gasteiger partial charge in [-0.1, -0.05) is 30.3 Å². The molecule has 1 aliphatic heterocycles. The molecule has 1 aromatic rings. The third-order valence-electron chi connectivity index (χ3n) is 3.83. The highest BCUT2D eigenvalue weighted by Crippen LogP contribution is 2.22. The number of hydrogen-bond acceptors (Lipinski definition) is 4. The van der Waals surface area contributed by atoms with Crippen molar-refractivity contribution in [2.24, 2.45) is 0 Å². The first-order chi connectivity index (χ1) is 10.8. The lowest BCUT2D eigenvalue weighted by atomic mass is 10.0. The van der Waals surface area contributed by atoms with Crippen LogP contribution in [0.1, 0.15) is 25.3 Å². The lowest BCUT2D eigenvalue weighted by Crippen LogP contribution is -2.47. The molecule has 0 radical (unpaired) electrons. The lowest BCUT2D eigenvalue weighted by Gasteiger charge is -2.23. The molecule has 1 fully saturated rings. The van der Waals surface area contributed by atoms with Gasteiger partial charge in [0.2, 0.25) is 11.8 Å². The molecule has 0 bridgehead atoms. The Morgan fingerprint density at radius 1 is 1.17 bits per heavy atom. The number of rotatable bonds is 6. The summed E-state index contributed by atoms with van der Waals surface area (Å²) in [6, 6.07) is 9.36. The number of carbonyl (C=O) groups is 2. The number of hydrogen-bond donors (Lipinski definition) is 2. The Kier molecular flexibility index (Phi) is 5.41. The number of nitrogens with one attached hydrogen (secondary N) is 2. The van der Waals surface area contributed by atoms with E-state index in [1.54, 1.807) is 6.92 Å². The number of amides is 2. The predicted molar refractivity (Wildman–Crippen MR) is 87.6 cm³/mol. The van der Waals surface area contributed by atoms with Gasteiger partial charge >= 0.3 is 0 Å². The van der Waals surface area contributed by atoms with Gasteiger partial charge in [0.15, 0.2) is 9.84 Å². The van der Waals surface area contributed by atoms with E-state index in [0.717, 1.165) is 5.56 Å². The summed E-state index contributed by atoms with van der Waals surface area (Å²) >= 11 is 0. The molecule has 2 N–H and O–H groups in total. The molecule has 126 valence electrons. The van der Waals surface area contributed by atoms with E-state index >= 15 is 0 Å². The Balaban J connectivity index is 1.70. The predicted octanol–water partition coefficient (Wildman–Crippen LogP) is 0.429. The summed E-state index contributed by atoms with van der Waals surface area (Å²) in [5.41, 5.74) is 0.224. The second kappa shape index (κ2) is 7.12. The van der Waals surface area contributed by atoms with Crippen LogP contribution in [0.4, 0.5) is 0 Å². The number of carbonyl (C=O) groups excluding carboxylic acids is 2. The molecule has 1 saturated heterocycles. The first-order valence-corrected chi connectivity index (χ1v) is 9.42. The van der Waals surface area contributed by atoms with Gasteiger partial charge in [0.25, 0.3) is 0 Å². The van der Waals surface area contributed by atoms with Crippen LogP contribution in [0.3, 0.4) is 0 Å². The van der Waals surface area contributed by atoms with Crippen molar-refractivity contribution in [3.63, 3.8) is 0 Å². The maximum absolute atomic E-state index is 11.9. The Labute approximate surface area is 136 Å². The lowest BCUT2D eigenvalue weighted by molar-refractivity contribution is -0.123. The molecule has 6 nitrogen and oxygen atoms in total. The Bertz CT molecular complexity index is 673. The van der Waals surface area contributed by atoms with Crippen molar-refractivity contribution in [1.29, 1.82) is 0 Å². The summed E-state index contributed by atoms with van der Waals surface area (Å²) in [5, 5.41) is 5.46. The Hall–Kier alpha value is -1.89. The van der Waals surface area contributed by atoms with Gasteiger partial charge in [0.05, 0.1) is 23.5 Å². The summed E-state index contributed by atoms with van der Waals surface area (Å²) in [7, 11) is -3.05. The third kappa shape index (κ3) is 5.67. The SMILES string of the molecule is CC1(NC(=O)CCNC(=O)Cc2ccccc2)CCS(=O)(=O)C1. The quantitative estimate of drug-likeness (QED) is 0.787. The summed E-state index contributed by atoms with van der Waals surface area (Å²) in [5.74, 6) is -0.299. The van der Waals surface area contributed by atoms with E-state index < -0.39 is 15.4 Å². The fraction of sp³-hybridized carbons (Fsp3) is 0.500. The maximum atomic E-state index is 11.9. The standard InChI is InChI=1S/C16H22N2O4S/c1-16(8-10-23(21,22)12-16)18-14(19)7-9-17-15(20)11-13-5-3-2-4-6-13/h2-6H,7-12H2,1H3,(H,17,20)(H,18,19). The first-order valence-electron chi connectivity index (χ1n) is 7.60. The number of sulfone groups is 1. The van der Waals surface area contributed by atoms with Crippen LogP contribution in [0.15, 0.2) is 30.3 Å². The van der Waals surface area contributed by atoms with Crippen molar-refractivity contribution in [3.8, 4) is 0 Å². The van der Waals surface area contributed by atoms with Crippen molar-refractivity contribution in [3.05, 3.63) is 35.9 Å². The molecule has 7 heteroatoms. The van der Waals surface area contributed by atoms with Crippen molar-refractivity contribution in [2.45, 2.75) is 31.7 Å². The van der Waals surface area contributed by atoms with Gasteiger partial charge in [-0.15, -0.1) is 0 Å². The van der Waals surface area contributed by atoms with E-state index in [1.807, 2.05) is 30.3 Å². The second-order valence-electron chi connectivity index (χ2n) is 6.21. The normalized spacial score (nSPS) is 22.5. The highest BCUT2D eigenvalue weighted by molar-refractivity contribution is 7.91. The largest absolute Gasteiger partial charge is 0.355 e. The van der Waals surface area contributed by atoms with E-state index in [9.17, 15) is 18.0 Å². The van der Waals surface area contributed by atoms with Gasteiger partial charge in [0, 0.05) is 13.0 Å². The fourth-order valence-corrected chi connectivity index (χ4v) is 4.76. The minimum atomic E-state index is -3.05. The molecule has 0 spiro atoms. The Morgan fingerprint density at radius 2 is 1.87 bits per heavy atom. The molecule has 0 aromatic heterocycles. The van der Waals surface area contributed by atoms with Crippen molar-refractivity contribution >= 4 is 21.7 Å². The van der Waals surface area contributed by atoms with Gasteiger partial charge in [-0.2, -0.15) is 0 Å². The molecule has 1 aromatic carbocycles. The zero-order chi connectivity index (χ0) is 16.9. The fourth-order valence-electron chi connectivity index (χ4n) is 2.67. The van der Waals surface area contributed by atoms with E-state index in [0.29, 0.717) is 6.42 Å². The number of benzene rings is 1. The van der Waals surface area contributed by atoms with Crippen molar-refractivity contribution in [1.82, 2.24) is 10.6 Å². The van der Waals surface area contributed by atoms with Gasteiger partial charge < -0.3 is 10.6 Å². The zero-order valence-corrected chi connectivity index (χ0v) is 14.0. The highest BCUT2D eigenvalue weighted by Gasteiger charge is 2.39. The molecule has 1 atom stereocenters. The molecular formula is C16H22N2O4S. The minimum Gasteiger partial charge on any atom is -0.355 e. The van der Waals surface area contributed by atoms with Gasteiger partial charge in [-0.25, -0.2) is 8.42 Å². The van der Waals surface area contributed by atoms with Gasteiger partial charge in [0.1, 0.15) is 0 Å². The van der Waals surface area contributed by atoms with Crippen LogP contribution >= 0.6 is 0 Å². The average molecular weight is 338 g/mol. The molecule has 0 saturated carbocycles. The van der Waals surface area contributed by atoms with Crippen molar-refractivity contribution < 1.29 is 18.0 Å². The van der Waals surface area contributed by atoms with Crippen LogP contribution in [0.25, 0.3) is 0 Å². The molecule has 1 unspecified atom stereocenters. The van der Waals surface area contributed by atoms with E-state index in [-0.39, 0.29) is 42.7 Å². The third-order valence-corrected chi connectivity index (χ3v) is 5.73. The molecule has 2 rings (SSSR count). The van der Waals surface area contributed by atoms with Crippen LogP contribution in [-0.2, 0) is 25.8 Å². The highest BCUT2D eigenvalue weighted by atomic mass is 32.2. The summed E-state index contributed by atoms with van der Waals surface area (Å²) < 4.78 is 23.0. The van der Waals surface area contributed by atoms with E-state index in [1.165, 1.54) is 0 Å². The summed E-state index contributed by atoms with van der Waals surface area (Å²) in [6.45, 7) is 1.98. The monoisotopic (exact) mass is 338 g/mol. The van der Waals surface area contributed by atoms with Crippen LogP contribution in [0.5, 0.6) is 0 Å². The summed E-state index contributed by atoms with van der Waals surface area (Å²) in [6.07, 6.45) is 0.843. The first kappa shape index (κ1) is 17.5. The zero-order valence-electron chi connectivity index (χ0n) is 13.2. The molecular weight excluding hydrogens is 316 g/mol. The molecule has 1 heterocycles. The van der Waals surface area contributed by atoms with Crippen LogP contribution in [-0.4, -0.2) is 43.8 Å². The molecule has 1 aliphatic rings. The Morgan fingerprint density at radius 3 is 2.48 bits per heavy atom. The molecule has 2 amide bonds. The average Bonchev–Trinajstić information content (AvgIpc) is 2.73. The second-order valence-corrected chi connectivity index (χ2v) is 8.40. The summed E-state index contributed by atoms with van der Waals surface area (Å²) in [4.78, 5) is 23.7. The van der Waals surface area contributed by atoms with Crippen LogP contribution in [0.2, 0.25) is 0 Å².